The molecule has 5 rings (SSSR count). The minimum Gasteiger partial charge on any atom is -0.460 e. The van der Waals surface area contributed by atoms with Gasteiger partial charge in [0, 0.05) is 43.6 Å². The van der Waals surface area contributed by atoms with Gasteiger partial charge in [0.05, 0.1) is 38.3 Å². The number of ether oxygens (including phenoxy) is 3. The maximum absolute atomic E-state index is 14.8. The van der Waals surface area contributed by atoms with Crippen LogP contribution in [0.25, 0.3) is 0 Å². The van der Waals surface area contributed by atoms with Gasteiger partial charge in [0.25, 0.3) is 0 Å². The normalized spacial score (nSPS) is 35.6. The Labute approximate surface area is 260 Å². The third kappa shape index (κ3) is 6.15. The van der Waals surface area contributed by atoms with Gasteiger partial charge in [-0.3, -0.25) is 24.1 Å². The van der Waals surface area contributed by atoms with Gasteiger partial charge in [-0.15, -0.1) is 0 Å². The summed E-state index contributed by atoms with van der Waals surface area (Å²) in [5.41, 5.74) is -1.41. The molecular formula is C30H43BrN4O8. The standard InChI is InChI=1S/C30H43BrN4O8/c1-18(2)21(17-36)35-26-28(39)34(10-9-33-11-13-41-14-12-33)8-6-4-5-7-22(37)32-16-19(3)42-29(40)23-24(27(35)38)30(26)15-20(31)25(23)43-30/h4,6,15,18-19,21,23-26,36H,5,7-14,16-17H2,1-3H3,(H,32,37)/b6-4-/t19-,21-,23+,24-,25+,26+,30-/m0/s1. The Bertz CT molecular complexity index is 1160. The first kappa shape index (κ1) is 32.1. The summed E-state index contributed by atoms with van der Waals surface area (Å²) in [4.78, 5) is 60.6. The number of aliphatic hydroxyl groups is 1. The number of halogens is 1. The van der Waals surface area contributed by atoms with Crippen molar-refractivity contribution in [3.8, 4) is 0 Å². The molecule has 1 spiro atoms. The van der Waals surface area contributed by atoms with Gasteiger partial charge in [0.2, 0.25) is 17.7 Å². The summed E-state index contributed by atoms with van der Waals surface area (Å²) in [7, 11) is 0. The molecule has 5 aliphatic heterocycles. The van der Waals surface area contributed by atoms with E-state index in [2.05, 4.69) is 26.1 Å². The van der Waals surface area contributed by atoms with Crippen molar-refractivity contribution >= 4 is 39.6 Å². The van der Waals surface area contributed by atoms with Gasteiger partial charge in [-0.2, -0.15) is 0 Å². The third-order valence-corrected chi connectivity index (χ3v) is 9.90. The van der Waals surface area contributed by atoms with Gasteiger partial charge in [0.15, 0.2) is 0 Å². The van der Waals surface area contributed by atoms with Crippen LogP contribution in [0.15, 0.2) is 22.7 Å². The van der Waals surface area contributed by atoms with Crippen LogP contribution in [0.5, 0.6) is 0 Å². The van der Waals surface area contributed by atoms with Crippen LogP contribution in [0.1, 0.15) is 33.6 Å². The summed E-state index contributed by atoms with van der Waals surface area (Å²) in [5, 5.41) is 13.3. The highest BCUT2D eigenvalue weighted by molar-refractivity contribution is 9.11. The number of rotatable bonds is 6. The number of carbonyl (C=O) groups excluding carboxylic acids is 4. The third-order valence-electron chi connectivity index (χ3n) is 9.22. The molecule has 5 heterocycles. The number of esters is 1. The Morgan fingerprint density at radius 3 is 2.56 bits per heavy atom. The number of amides is 3. The summed E-state index contributed by atoms with van der Waals surface area (Å²) in [6.45, 7) is 9.32. The number of fused-ring (bicyclic) bond motifs is 2. The van der Waals surface area contributed by atoms with Gasteiger partial charge in [-0.1, -0.05) is 41.9 Å². The Morgan fingerprint density at radius 2 is 1.86 bits per heavy atom. The van der Waals surface area contributed by atoms with Crippen molar-refractivity contribution < 1.29 is 38.5 Å². The molecule has 0 aliphatic carbocycles. The zero-order valence-corrected chi connectivity index (χ0v) is 26.7. The van der Waals surface area contributed by atoms with E-state index in [4.69, 9.17) is 14.2 Å². The number of allylic oxidation sites excluding steroid dienone is 1. The first-order valence-corrected chi connectivity index (χ1v) is 16.1. The van der Waals surface area contributed by atoms with Crippen LogP contribution in [-0.4, -0.2) is 132 Å². The van der Waals surface area contributed by atoms with E-state index in [9.17, 15) is 24.3 Å². The summed E-state index contributed by atoms with van der Waals surface area (Å²) < 4.78 is 18.3. The maximum Gasteiger partial charge on any atom is 0.313 e. The molecule has 0 saturated carbocycles. The van der Waals surface area contributed by atoms with E-state index in [0.29, 0.717) is 37.2 Å². The van der Waals surface area contributed by atoms with Crippen molar-refractivity contribution in [2.24, 2.45) is 17.8 Å². The van der Waals surface area contributed by atoms with Crippen molar-refractivity contribution in [1.82, 2.24) is 20.0 Å². The highest BCUT2D eigenvalue weighted by atomic mass is 79.9. The van der Waals surface area contributed by atoms with Crippen LogP contribution in [0, 0.1) is 17.8 Å². The summed E-state index contributed by atoms with van der Waals surface area (Å²) >= 11 is 3.56. The van der Waals surface area contributed by atoms with Crippen LogP contribution in [0.3, 0.4) is 0 Å². The Morgan fingerprint density at radius 1 is 1.12 bits per heavy atom. The van der Waals surface area contributed by atoms with Crippen LogP contribution in [0.4, 0.5) is 0 Å². The molecule has 5 aliphatic rings. The monoisotopic (exact) mass is 666 g/mol. The minimum atomic E-state index is -1.41. The number of cyclic esters (lactones) is 1. The highest BCUT2D eigenvalue weighted by Gasteiger charge is 2.75. The fourth-order valence-electron chi connectivity index (χ4n) is 6.93. The van der Waals surface area contributed by atoms with Crippen molar-refractivity contribution in [2.45, 2.75) is 63.5 Å². The zero-order valence-electron chi connectivity index (χ0n) is 25.1. The van der Waals surface area contributed by atoms with E-state index in [1.54, 1.807) is 17.9 Å². The molecule has 12 nitrogen and oxygen atoms in total. The van der Waals surface area contributed by atoms with Gasteiger partial charge in [0.1, 0.15) is 29.8 Å². The lowest BCUT2D eigenvalue weighted by Crippen LogP contribution is -2.60. The molecule has 3 amide bonds. The molecule has 7 atom stereocenters. The molecule has 2 N–H and O–H groups in total. The molecular weight excluding hydrogens is 624 g/mol. The van der Waals surface area contributed by atoms with Crippen LogP contribution < -0.4 is 5.32 Å². The van der Waals surface area contributed by atoms with Crippen molar-refractivity contribution in [1.29, 1.82) is 0 Å². The molecule has 3 fully saturated rings. The molecule has 43 heavy (non-hydrogen) atoms. The summed E-state index contributed by atoms with van der Waals surface area (Å²) in [5.74, 6) is -3.66. The zero-order chi connectivity index (χ0) is 30.9. The molecule has 0 unspecified atom stereocenters. The summed E-state index contributed by atoms with van der Waals surface area (Å²) in [6, 6.07) is -1.75. The van der Waals surface area contributed by atoms with Gasteiger partial charge >= 0.3 is 5.97 Å². The Kier molecular flexibility index (Phi) is 9.96. The van der Waals surface area contributed by atoms with E-state index >= 15 is 0 Å². The number of hydrogen-bond donors (Lipinski definition) is 2. The number of nitrogens with zero attached hydrogens (tertiary/aromatic N) is 3. The number of morpholine rings is 1. The second-order valence-corrected chi connectivity index (χ2v) is 13.3. The average molecular weight is 668 g/mol. The fraction of sp³-hybridized carbons (Fsp3) is 0.733. The van der Waals surface area contributed by atoms with E-state index in [-0.39, 0.29) is 43.8 Å². The number of hydrogen-bond acceptors (Lipinski definition) is 9. The molecule has 0 aromatic carbocycles. The molecule has 5 bridgehead atoms. The first-order valence-electron chi connectivity index (χ1n) is 15.3. The van der Waals surface area contributed by atoms with E-state index in [1.807, 2.05) is 26.0 Å². The fourth-order valence-corrected chi connectivity index (χ4v) is 7.67. The molecule has 0 aromatic heterocycles. The Balaban J connectivity index is 1.56. The summed E-state index contributed by atoms with van der Waals surface area (Å²) in [6.07, 6.45) is 4.85. The lowest BCUT2D eigenvalue weighted by atomic mass is 9.74. The second-order valence-electron chi connectivity index (χ2n) is 12.4. The average Bonchev–Trinajstić information content (AvgIpc) is 3.57. The molecule has 0 aromatic rings. The predicted octanol–water partition coefficient (Wildman–Crippen LogP) is 0.435. The highest BCUT2D eigenvalue weighted by Crippen LogP contribution is 2.59. The maximum atomic E-state index is 14.8. The smallest absolute Gasteiger partial charge is 0.313 e. The predicted molar refractivity (Wildman–Crippen MR) is 159 cm³/mol. The molecule has 0 radical (unpaired) electrons. The van der Waals surface area contributed by atoms with Crippen molar-refractivity contribution in [3.05, 3.63) is 22.7 Å². The van der Waals surface area contributed by atoms with Gasteiger partial charge in [-0.05, 0) is 25.3 Å². The Hall–Kier alpha value is -2.32. The van der Waals surface area contributed by atoms with Crippen molar-refractivity contribution in [3.63, 3.8) is 0 Å². The molecule has 238 valence electrons. The van der Waals surface area contributed by atoms with Crippen LogP contribution in [0.2, 0.25) is 0 Å². The lowest BCUT2D eigenvalue weighted by molar-refractivity contribution is -0.159. The minimum absolute atomic E-state index is 0.135. The number of carbonyl (C=O) groups is 4. The second kappa shape index (κ2) is 13.4. The quantitative estimate of drug-likeness (QED) is 0.305. The topological polar surface area (TPSA) is 138 Å². The SMILES string of the molecule is CC(C)[C@H](CO)N1C(=O)[C@@H]2[C@H]3C(=O)O[C@@H](C)CNC(=O)CC/C=C\CN(CCN4CCOCC4)C(=O)[C@@H]1[C@]21C=C(Br)[C@H]3O1. The van der Waals surface area contributed by atoms with E-state index in [0.717, 1.165) is 13.1 Å². The number of nitrogens with one attached hydrogen (secondary N) is 1. The van der Waals surface area contributed by atoms with Gasteiger partial charge in [-0.25, -0.2) is 0 Å². The number of aliphatic hydroxyl groups excluding tert-OH is 1. The van der Waals surface area contributed by atoms with Crippen molar-refractivity contribution in [2.75, 3.05) is 59.1 Å². The van der Waals surface area contributed by atoms with E-state index < -0.39 is 53.6 Å². The van der Waals surface area contributed by atoms with Crippen LogP contribution >= 0.6 is 15.9 Å². The lowest BCUT2D eigenvalue weighted by Gasteiger charge is -2.40. The number of likely N-dealkylation sites (tertiary alicyclic amines) is 1. The van der Waals surface area contributed by atoms with E-state index in [1.165, 1.54) is 4.90 Å². The molecule has 13 heteroatoms. The largest absolute Gasteiger partial charge is 0.460 e. The first-order chi connectivity index (χ1) is 20.6. The molecule has 3 saturated heterocycles. The van der Waals surface area contributed by atoms with Crippen LogP contribution in [-0.2, 0) is 33.4 Å². The van der Waals surface area contributed by atoms with Gasteiger partial charge < -0.3 is 34.4 Å².